The number of hydrogen-bond acceptors (Lipinski definition) is 5. The molecule has 7 heteroatoms. The number of sulfonamides is 1. The number of rotatable bonds is 6. The average molecular weight is 361 g/mol. The maximum absolute atomic E-state index is 12.7. The quantitative estimate of drug-likeness (QED) is 0.791. The minimum atomic E-state index is -3.29. The van der Waals surface area contributed by atoms with Gasteiger partial charge < -0.3 is 4.52 Å². The Bertz CT molecular complexity index is 815. The van der Waals surface area contributed by atoms with E-state index in [0.29, 0.717) is 31.3 Å². The zero-order valence-corrected chi connectivity index (χ0v) is 15.0. The molecular formula is C18H23N3O3S. The summed E-state index contributed by atoms with van der Waals surface area (Å²) < 4.78 is 32.4. The lowest BCUT2D eigenvalue weighted by molar-refractivity contribution is 0.246. The van der Waals surface area contributed by atoms with Crippen molar-refractivity contribution in [3.05, 3.63) is 47.6 Å². The Morgan fingerprint density at radius 3 is 2.72 bits per heavy atom. The standard InChI is InChI=1S/C18H23N3O3S/c22-25(23,13-14-5-2-1-3-6-14)21-10-4-7-15(12-21)11-17-19-18(20-24-17)16-8-9-16/h1-3,5-6,15-16H,4,7-13H2. The first-order valence-corrected chi connectivity index (χ1v) is 10.6. The molecule has 6 nitrogen and oxygen atoms in total. The fraction of sp³-hybridized carbons (Fsp3) is 0.556. The predicted molar refractivity (Wildman–Crippen MR) is 93.3 cm³/mol. The van der Waals surface area contributed by atoms with Gasteiger partial charge in [0.2, 0.25) is 15.9 Å². The van der Waals surface area contributed by atoms with E-state index in [0.717, 1.165) is 37.1 Å². The molecule has 0 amide bonds. The van der Waals surface area contributed by atoms with Crippen LogP contribution >= 0.6 is 0 Å². The van der Waals surface area contributed by atoms with Crippen molar-refractivity contribution in [2.24, 2.45) is 5.92 Å². The van der Waals surface area contributed by atoms with Crippen molar-refractivity contribution in [2.45, 2.75) is 43.8 Å². The van der Waals surface area contributed by atoms with Gasteiger partial charge in [0, 0.05) is 25.4 Å². The molecule has 0 radical (unpaired) electrons. The van der Waals surface area contributed by atoms with E-state index in [-0.39, 0.29) is 11.7 Å². The summed E-state index contributed by atoms with van der Waals surface area (Å²) in [5.74, 6) is 2.25. The maximum atomic E-state index is 12.7. The minimum absolute atomic E-state index is 0.0624. The van der Waals surface area contributed by atoms with Crippen LogP contribution in [0.1, 0.15) is 48.9 Å². The van der Waals surface area contributed by atoms with Crippen LogP contribution in [0, 0.1) is 5.92 Å². The monoisotopic (exact) mass is 361 g/mol. The molecule has 1 aromatic heterocycles. The molecule has 1 aliphatic heterocycles. The van der Waals surface area contributed by atoms with Gasteiger partial charge in [-0.05, 0) is 37.2 Å². The van der Waals surface area contributed by atoms with E-state index in [1.165, 1.54) is 0 Å². The third-order valence-corrected chi connectivity index (χ3v) is 6.77. The highest BCUT2D eigenvalue weighted by Crippen LogP contribution is 2.38. The molecule has 1 aromatic carbocycles. The van der Waals surface area contributed by atoms with E-state index < -0.39 is 10.0 Å². The second-order valence-corrected chi connectivity index (χ2v) is 9.10. The second kappa shape index (κ2) is 6.88. The van der Waals surface area contributed by atoms with Gasteiger partial charge in [0.25, 0.3) is 0 Å². The topological polar surface area (TPSA) is 76.3 Å². The molecule has 1 saturated carbocycles. The normalized spacial score (nSPS) is 22.2. The molecule has 1 saturated heterocycles. The SMILES string of the molecule is O=S(=O)(Cc1ccccc1)N1CCCC(Cc2nc(C3CC3)no2)C1. The number of aromatic nitrogens is 2. The van der Waals surface area contributed by atoms with Gasteiger partial charge in [0.15, 0.2) is 5.82 Å². The average Bonchev–Trinajstić information content (AvgIpc) is 3.36. The third kappa shape index (κ3) is 4.10. The van der Waals surface area contributed by atoms with Gasteiger partial charge in [-0.25, -0.2) is 12.7 Å². The summed E-state index contributed by atoms with van der Waals surface area (Å²) in [5.41, 5.74) is 0.829. The van der Waals surface area contributed by atoms with Crippen LogP contribution in [0.15, 0.2) is 34.9 Å². The number of nitrogens with zero attached hydrogens (tertiary/aromatic N) is 3. The van der Waals surface area contributed by atoms with Gasteiger partial charge in [-0.1, -0.05) is 35.5 Å². The summed E-state index contributed by atoms with van der Waals surface area (Å²) in [6.07, 6.45) is 4.83. The molecule has 0 bridgehead atoms. The summed E-state index contributed by atoms with van der Waals surface area (Å²) in [7, 11) is -3.29. The molecule has 0 spiro atoms. The summed E-state index contributed by atoms with van der Waals surface area (Å²) in [6.45, 7) is 1.14. The van der Waals surface area contributed by atoms with E-state index in [2.05, 4.69) is 10.1 Å². The van der Waals surface area contributed by atoms with Crippen LogP contribution in [0.5, 0.6) is 0 Å². The van der Waals surface area contributed by atoms with Crippen LogP contribution in [-0.4, -0.2) is 36.0 Å². The minimum Gasteiger partial charge on any atom is -0.339 e. The van der Waals surface area contributed by atoms with Gasteiger partial charge in [-0.3, -0.25) is 0 Å². The van der Waals surface area contributed by atoms with Crippen molar-refractivity contribution in [2.75, 3.05) is 13.1 Å². The van der Waals surface area contributed by atoms with E-state index in [1.54, 1.807) is 4.31 Å². The first kappa shape index (κ1) is 16.7. The zero-order valence-electron chi connectivity index (χ0n) is 14.2. The molecule has 1 atom stereocenters. The summed E-state index contributed by atoms with van der Waals surface area (Å²) in [4.78, 5) is 4.48. The zero-order chi connectivity index (χ0) is 17.3. The smallest absolute Gasteiger partial charge is 0.226 e. The van der Waals surface area contributed by atoms with Crippen LogP contribution in [0.4, 0.5) is 0 Å². The lowest BCUT2D eigenvalue weighted by atomic mass is 9.96. The number of benzene rings is 1. The van der Waals surface area contributed by atoms with Crippen molar-refractivity contribution >= 4 is 10.0 Å². The first-order chi connectivity index (χ1) is 12.1. The third-order valence-electron chi connectivity index (χ3n) is 4.96. The molecule has 1 aliphatic carbocycles. The first-order valence-electron chi connectivity index (χ1n) is 8.94. The largest absolute Gasteiger partial charge is 0.339 e. The molecule has 134 valence electrons. The van der Waals surface area contributed by atoms with Crippen molar-refractivity contribution in [3.8, 4) is 0 Å². The van der Waals surface area contributed by atoms with E-state index in [4.69, 9.17) is 4.52 Å². The van der Waals surface area contributed by atoms with E-state index in [9.17, 15) is 8.42 Å². The highest BCUT2D eigenvalue weighted by molar-refractivity contribution is 7.88. The van der Waals surface area contributed by atoms with E-state index in [1.807, 2.05) is 30.3 Å². The number of hydrogen-bond donors (Lipinski definition) is 0. The number of piperidine rings is 1. The maximum Gasteiger partial charge on any atom is 0.226 e. The van der Waals surface area contributed by atoms with Crippen molar-refractivity contribution in [1.29, 1.82) is 0 Å². The summed E-state index contributed by atoms with van der Waals surface area (Å²) >= 11 is 0. The molecule has 2 aliphatic rings. The van der Waals surface area contributed by atoms with Crippen LogP contribution in [0.25, 0.3) is 0 Å². The lowest BCUT2D eigenvalue weighted by Crippen LogP contribution is -2.41. The molecule has 0 N–H and O–H groups in total. The Morgan fingerprint density at radius 2 is 1.96 bits per heavy atom. The molecule has 2 aromatic rings. The molecule has 25 heavy (non-hydrogen) atoms. The second-order valence-electron chi connectivity index (χ2n) is 7.13. The van der Waals surface area contributed by atoms with Gasteiger partial charge in [-0.15, -0.1) is 0 Å². The van der Waals surface area contributed by atoms with Crippen LogP contribution in [0.3, 0.4) is 0 Å². The predicted octanol–water partition coefficient (Wildman–Crippen LogP) is 2.73. The Kier molecular flexibility index (Phi) is 4.60. The fourth-order valence-corrected chi connectivity index (χ4v) is 5.07. The molecule has 2 heterocycles. The summed E-state index contributed by atoms with van der Waals surface area (Å²) in [5, 5.41) is 4.05. The summed E-state index contributed by atoms with van der Waals surface area (Å²) in [6, 6.07) is 9.36. The van der Waals surface area contributed by atoms with E-state index >= 15 is 0 Å². The lowest BCUT2D eigenvalue weighted by Gasteiger charge is -2.31. The van der Waals surface area contributed by atoms with Crippen LogP contribution < -0.4 is 0 Å². The molecule has 2 fully saturated rings. The Hall–Kier alpha value is -1.73. The molecule has 4 rings (SSSR count). The molecule has 1 unspecified atom stereocenters. The van der Waals surface area contributed by atoms with Crippen molar-refractivity contribution in [3.63, 3.8) is 0 Å². The van der Waals surface area contributed by atoms with Crippen molar-refractivity contribution in [1.82, 2.24) is 14.4 Å². The Morgan fingerprint density at radius 1 is 1.16 bits per heavy atom. The highest BCUT2D eigenvalue weighted by Gasteiger charge is 2.32. The van der Waals surface area contributed by atoms with Gasteiger partial charge in [0.1, 0.15) is 0 Å². The highest BCUT2D eigenvalue weighted by atomic mass is 32.2. The van der Waals surface area contributed by atoms with Crippen molar-refractivity contribution < 1.29 is 12.9 Å². The van der Waals surface area contributed by atoms with Gasteiger partial charge >= 0.3 is 0 Å². The fourth-order valence-electron chi connectivity index (χ4n) is 3.43. The van der Waals surface area contributed by atoms with Crippen LogP contribution in [0.2, 0.25) is 0 Å². The van der Waals surface area contributed by atoms with Gasteiger partial charge in [0.05, 0.1) is 5.75 Å². The van der Waals surface area contributed by atoms with Crippen LogP contribution in [-0.2, 0) is 22.2 Å². The Labute approximate surface area is 148 Å². The molecular weight excluding hydrogens is 338 g/mol. The Balaban J connectivity index is 1.39. The van der Waals surface area contributed by atoms with Gasteiger partial charge in [-0.2, -0.15) is 4.98 Å².